The molecule has 4 heteroatoms. The third-order valence-corrected chi connectivity index (χ3v) is 2.52. The van der Waals surface area contributed by atoms with Crippen molar-refractivity contribution in [3.8, 4) is 0 Å². The molecule has 0 aliphatic heterocycles. The topological polar surface area (TPSA) is 42.7 Å². The quantitative estimate of drug-likeness (QED) is 0.856. The number of aryl methyl sites for hydroxylation is 2. The number of hydrogen-bond donors (Lipinski definition) is 1. The van der Waals surface area contributed by atoms with Crippen LogP contribution in [-0.2, 0) is 7.05 Å². The van der Waals surface area contributed by atoms with Crippen molar-refractivity contribution in [3.05, 3.63) is 42.0 Å². The smallest absolute Gasteiger partial charge is 0.0825 e. The van der Waals surface area contributed by atoms with E-state index in [9.17, 15) is 0 Å². The molecule has 0 spiro atoms. The number of anilines is 1. The van der Waals surface area contributed by atoms with Gasteiger partial charge < -0.3 is 5.32 Å². The Morgan fingerprint density at radius 3 is 2.75 bits per heavy atom. The average Bonchev–Trinajstić information content (AvgIpc) is 2.59. The van der Waals surface area contributed by atoms with Crippen LogP contribution in [0.2, 0.25) is 0 Å². The summed E-state index contributed by atoms with van der Waals surface area (Å²) in [7, 11) is 1.92. The van der Waals surface area contributed by atoms with Crippen molar-refractivity contribution in [2.75, 3.05) is 5.32 Å². The molecule has 0 saturated heterocycles. The molecule has 2 heterocycles. The predicted molar refractivity (Wildman–Crippen MR) is 64.2 cm³/mol. The largest absolute Gasteiger partial charge is 0.374 e. The van der Waals surface area contributed by atoms with Gasteiger partial charge in [-0.05, 0) is 26.0 Å². The Morgan fingerprint density at radius 1 is 1.38 bits per heavy atom. The summed E-state index contributed by atoms with van der Waals surface area (Å²) in [4.78, 5) is 4.32. The molecule has 0 saturated carbocycles. The molecule has 2 aromatic rings. The minimum atomic E-state index is 0.184. The number of pyridine rings is 1. The molecule has 1 unspecified atom stereocenters. The van der Waals surface area contributed by atoms with Gasteiger partial charge in [-0.3, -0.25) is 9.67 Å². The highest BCUT2D eigenvalue weighted by atomic mass is 15.3. The average molecular weight is 216 g/mol. The molecule has 0 fully saturated rings. The fraction of sp³-hybridized carbons (Fsp3) is 0.333. The normalized spacial score (nSPS) is 12.4. The Kier molecular flexibility index (Phi) is 2.90. The summed E-state index contributed by atoms with van der Waals surface area (Å²) in [5.41, 5.74) is 3.09. The van der Waals surface area contributed by atoms with Gasteiger partial charge in [-0.25, -0.2) is 0 Å². The van der Waals surface area contributed by atoms with Crippen LogP contribution < -0.4 is 5.32 Å². The third kappa shape index (κ3) is 2.21. The van der Waals surface area contributed by atoms with E-state index in [2.05, 4.69) is 22.3 Å². The number of rotatable bonds is 3. The van der Waals surface area contributed by atoms with Crippen LogP contribution in [0.25, 0.3) is 0 Å². The Balaban J connectivity index is 2.14. The molecule has 4 nitrogen and oxygen atoms in total. The second-order valence-corrected chi connectivity index (χ2v) is 3.92. The van der Waals surface area contributed by atoms with Gasteiger partial charge in [0.05, 0.1) is 23.1 Å². The first-order valence-corrected chi connectivity index (χ1v) is 5.34. The lowest BCUT2D eigenvalue weighted by Gasteiger charge is -2.13. The fourth-order valence-electron chi connectivity index (χ4n) is 1.68. The monoisotopic (exact) mass is 216 g/mol. The van der Waals surface area contributed by atoms with Gasteiger partial charge in [-0.15, -0.1) is 0 Å². The van der Waals surface area contributed by atoms with E-state index >= 15 is 0 Å². The van der Waals surface area contributed by atoms with Crippen molar-refractivity contribution in [3.63, 3.8) is 0 Å². The van der Waals surface area contributed by atoms with Gasteiger partial charge >= 0.3 is 0 Å². The zero-order chi connectivity index (χ0) is 11.5. The van der Waals surface area contributed by atoms with E-state index in [1.807, 2.05) is 49.2 Å². The van der Waals surface area contributed by atoms with Crippen LogP contribution in [-0.4, -0.2) is 14.8 Å². The van der Waals surface area contributed by atoms with Gasteiger partial charge in [-0.1, -0.05) is 6.07 Å². The molecule has 0 aliphatic carbocycles. The third-order valence-electron chi connectivity index (χ3n) is 2.52. The Hall–Kier alpha value is -1.84. The molecule has 16 heavy (non-hydrogen) atoms. The minimum Gasteiger partial charge on any atom is -0.374 e. The van der Waals surface area contributed by atoms with E-state index < -0.39 is 0 Å². The van der Waals surface area contributed by atoms with Crippen molar-refractivity contribution in [2.24, 2.45) is 7.05 Å². The van der Waals surface area contributed by atoms with Crippen molar-refractivity contribution in [2.45, 2.75) is 19.9 Å². The van der Waals surface area contributed by atoms with Crippen molar-refractivity contribution < 1.29 is 0 Å². The van der Waals surface area contributed by atoms with Crippen LogP contribution in [0.4, 0.5) is 5.69 Å². The van der Waals surface area contributed by atoms with E-state index in [-0.39, 0.29) is 6.04 Å². The lowest BCUT2D eigenvalue weighted by atomic mass is 10.2. The van der Waals surface area contributed by atoms with Gasteiger partial charge in [0.15, 0.2) is 0 Å². The second kappa shape index (κ2) is 4.35. The number of hydrogen-bond acceptors (Lipinski definition) is 3. The maximum Gasteiger partial charge on any atom is 0.0825 e. The van der Waals surface area contributed by atoms with Gasteiger partial charge in [0.1, 0.15) is 0 Å². The second-order valence-electron chi connectivity index (χ2n) is 3.92. The molecule has 0 aromatic carbocycles. The SMILES string of the molecule is Cc1nn(C)cc1NC(C)c1ccccn1. The van der Waals surface area contributed by atoms with Crippen molar-refractivity contribution >= 4 is 5.69 Å². The Labute approximate surface area is 95.3 Å². The molecule has 0 amide bonds. The number of aromatic nitrogens is 3. The summed E-state index contributed by atoms with van der Waals surface area (Å²) in [5, 5.41) is 7.69. The maximum atomic E-state index is 4.32. The first-order valence-electron chi connectivity index (χ1n) is 5.34. The van der Waals surface area contributed by atoms with Crippen LogP contribution in [0, 0.1) is 6.92 Å². The zero-order valence-electron chi connectivity index (χ0n) is 9.81. The van der Waals surface area contributed by atoms with Crippen LogP contribution >= 0.6 is 0 Å². The Bertz CT molecular complexity index is 461. The fourth-order valence-corrected chi connectivity index (χ4v) is 1.68. The van der Waals surface area contributed by atoms with Gasteiger partial charge in [-0.2, -0.15) is 5.10 Å². The van der Waals surface area contributed by atoms with E-state index in [1.165, 1.54) is 0 Å². The van der Waals surface area contributed by atoms with Gasteiger partial charge in [0, 0.05) is 19.4 Å². The summed E-state index contributed by atoms with van der Waals surface area (Å²) in [5.74, 6) is 0. The molecule has 1 atom stereocenters. The van der Waals surface area contributed by atoms with Gasteiger partial charge in [0.2, 0.25) is 0 Å². The highest BCUT2D eigenvalue weighted by Crippen LogP contribution is 2.19. The highest BCUT2D eigenvalue weighted by Gasteiger charge is 2.09. The van der Waals surface area contributed by atoms with E-state index in [0.717, 1.165) is 17.1 Å². The standard InChI is InChI=1S/C12H16N4/c1-9(11-6-4-5-7-13-11)14-12-8-16(3)15-10(12)2/h4-9,14H,1-3H3. The number of nitrogens with zero attached hydrogens (tertiary/aromatic N) is 3. The lowest BCUT2D eigenvalue weighted by Crippen LogP contribution is -2.08. The molecule has 84 valence electrons. The van der Waals surface area contributed by atoms with E-state index in [1.54, 1.807) is 0 Å². The number of nitrogens with one attached hydrogen (secondary N) is 1. The van der Waals surface area contributed by atoms with Crippen LogP contribution in [0.5, 0.6) is 0 Å². The van der Waals surface area contributed by atoms with Crippen LogP contribution in [0.1, 0.15) is 24.4 Å². The summed E-state index contributed by atoms with van der Waals surface area (Å²) in [6.45, 7) is 4.09. The molecular formula is C12H16N4. The van der Waals surface area contributed by atoms with Crippen LogP contribution in [0.15, 0.2) is 30.6 Å². The maximum absolute atomic E-state index is 4.32. The molecule has 0 bridgehead atoms. The first kappa shape index (κ1) is 10.7. The molecule has 0 aliphatic rings. The summed E-state index contributed by atoms with van der Waals surface area (Å²) >= 11 is 0. The van der Waals surface area contributed by atoms with Crippen molar-refractivity contribution in [1.29, 1.82) is 0 Å². The molecular weight excluding hydrogens is 200 g/mol. The molecule has 2 aromatic heterocycles. The van der Waals surface area contributed by atoms with Gasteiger partial charge in [0.25, 0.3) is 0 Å². The molecule has 1 N–H and O–H groups in total. The van der Waals surface area contributed by atoms with Crippen molar-refractivity contribution in [1.82, 2.24) is 14.8 Å². The summed E-state index contributed by atoms with van der Waals surface area (Å²) in [6.07, 6.45) is 3.79. The Morgan fingerprint density at radius 2 is 2.19 bits per heavy atom. The molecule has 0 radical (unpaired) electrons. The highest BCUT2D eigenvalue weighted by molar-refractivity contribution is 5.47. The predicted octanol–water partition coefficient (Wildman–Crippen LogP) is 2.30. The minimum absolute atomic E-state index is 0.184. The van der Waals surface area contributed by atoms with E-state index in [4.69, 9.17) is 0 Å². The summed E-state index contributed by atoms with van der Waals surface area (Å²) in [6, 6.07) is 6.12. The summed E-state index contributed by atoms with van der Waals surface area (Å²) < 4.78 is 1.81. The zero-order valence-corrected chi connectivity index (χ0v) is 9.81. The lowest BCUT2D eigenvalue weighted by molar-refractivity contribution is 0.756. The van der Waals surface area contributed by atoms with E-state index in [0.29, 0.717) is 0 Å². The molecule has 2 rings (SSSR count). The first-order chi connectivity index (χ1) is 7.66. The van der Waals surface area contributed by atoms with Crippen LogP contribution in [0.3, 0.4) is 0 Å².